The first kappa shape index (κ1) is 18.9. The van der Waals surface area contributed by atoms with Gasteiger partial charge in [-0.15, -0.1) is 10.2 Å². The van der Waals surface area contributed by atoms with Crippen molar-refractivity contribution in [3.05, 3.63) is 47.8 Å². The van der Waals surface area contributed by atoms with E-state index in [1.165, 1.54) is 16.9 Å². The maximum Gasteiger partial charge on any atom is 0.226 e. The lowest BCUT2D eigenvalue weighted by Gasteiger charge is -2.12. The minimum Gasteiger partial charge on any atom is -0.332 e. The lowest BCUT2D eigenvalue weighted by Crippen LogP contribution is -2.34. The third kappa shape index (κ3) is 4.65. The maximum atomic E-state index is 13.1. The molecule has 0 spiro atoms. The fraction of sp³-hybridized carbons (Fsp3) is 0.263. The van der Waals surface area contributed by atoms with Crippen LogP contribution >= 0.6 is 12.2 Å². The number of aromatic nitrogens is 3. The molecule has 0 bridgehead atoms. The van der Waals surface area contributed by atoms with Gasteiger partial charge >= 0.3 is 0 Å². The van der Waals surface area contributed by atoms with Crippen LogP contribution in [0.2, 0.25) is 0 Å². The van der Waals surface area contributed by atoms with Gasteiger partial charge in [0, 0.05) is 12.1 Å². The van der Waals surface area contributed by atoms with Gasteiger partial charge in [-0.1, -0.05) is 13.8 Å². The molecule has 0 saturated heterocycles. The number of carbonyl (C=O) groups is 1. The summed E-state index contributed by atoms with van der Waals surface area (Å²) in [5, 5.41) is 14.8. The topological polar surface area (TPSA) is 71.8 Å². The normalized spacial score (nSPS) is 11.0. The molecular formula is C19H20FN5OS. The van der Waals surface area contributed by atoms with Crippen LogP contribution in [0.25, 0.3) is 16.7 Å². The van der Waals surface area contributed by atoms with E-state index in [1.54, 1.807) is 12.1 Å². The predicted molar refractivity (Wildman–Crippen MR) is 107 cm³/mol. The second-order valence-electron chi connectivity index (χ2n) is 6.72. The molecule has 0 aliphatic carbocycles. The van der Waals surface area contributed by atoms with Gasteiger partial charge in [0.1, 0.15) is 16.9 Å². The van der Waals surface area contributed by atoms with Crippen LogP contribution in [0.4, 0.5) is 10.1 Å². The number of rotatable bonds is 4. The predicted octanol–water partition coefficient (Wildman–Crippen LogP) is 3.73. The van der Waals surface area contributed by atoms with Crippen molar-refractivity contribution in [3.63, 3.8) is 0 Å². The number of hydrogen-bond donors (Lipinski definition) is 2. The number of thiocarbonyl (C=S) groups is 1. The van der Waals surface area contributed by atoms with Gasteiger partial charge in [-0.25, -0.2) is 4.39 Å². The molecule has 0 radical (unpaired) electrons. The zero-order valence-corrected chi connectivity index (χ0v) is 16.1. The van der Waals surface area contributed by atoms with Crippen LogP contribution in [0.1, 0.15) is 25.8 Å². The quantitative estimate of drug-likeness (QED) is 0.670. The van der Waals surface area contributed by atoms with Crippen LogP contribution in [0.15, 0.2) is 36.4 Å². The molecule has 0 saturated carbocycles. The molecule has 2 aromatic carbocycles. The molecule has 0 atom stereocenters. The van der Waals surface area contributed by atoms with E-state index in [0.29, 0.717) is 23.1 Å². The molecule has 6 nitrogen and oxygen atoms in total. The molecule has 27 heavy (non-hydrogen) atoms. The fourth-order valence-corrected chi connectivity index (χ4v) is 2.82. The Labute approximate surface area is 161 Å². The van der Waals surface area contributed by atoms with Crippen LogP contribution in [0, 0.1) is 18.7 Å². The SMILES string of the molecule is Cc1cc2nn(-c3ccc(F)cc3)nc2cc1NC(=S)NC(=O)CC(C)C. The van der Waals surface area contributed by atoms with Crippen molar-refractivity contribution in [1.29, 1.82) is 0 Å². The number of anilines is 1. The Morgan fingerprint density at radius 1 is 1.19 bits per heavy atom. The van der Waals surface area contributed by atoms with Crippen molar-refractivity contribution < 1.29 is 9.18 Å². The lowest BCUT2D eigenvalue weighted by atomic mass is 10.1. The number of carbonyl (C=O) groups excluding carboxylic acids is 1. The average molecular weight is 385 g/mol. The van der Waals surface area contributed by atoms with Crippen LogP contribution in [0.5, 0.6) is 0 Å². The van der Waals surface area contributed by atoms with Gasteiger partial charge in [0.25, 0.3) is 0 Å². The van der Waals surface area contributed by atoms with E-state index in [1.807, 2.05) is 32.9 Å². The third-order valence-electron chi connectivity index (χ3n) is 3.88. The number of amides is 1. The molecule has 3 aromatic rings. The smallest absolute Gasteiger partial charge is 0.226 e. The van der Waals surface area contributed by atoms with E-state index in [2.05, 4.69) is 20.8 Å². The molecule has 1 amide bonds. The average Bonchev–Trinajstić information content (AvgIpc) is 2.97. The zero-order chi connectivity index (χ0) is 19.6. The molecule has 1 aromatic heterocycles. The summed E-state index contributed by atoms with van der Waals surface area (Å²) in [7, 11) is 0. The number of nitrogens with one attached hydrogen (secondary N) is 2. The molecule has 140 valence electrons. The minimum atomic E-state index is -0.314. The number of hydrogen-bond acceptors (Lipinski definition) is 4. The number of benzene rings is 2. The summed E-state index contributed by atoms with van der Waals surface area (Å²) >= 11 is 5.22. The molecule has 0 aliphatic heterocycles. The summed E-state index contributed by atoms with van der Waals surface area (Å²) in [6.07, 6.45) is 0.409. The van der Waals surface area contributed by atoms with Crippen LogP contribution in [0.3, 0.4) is 0 Å². The van der Waals surface area contributed by atoms with E-state index in [0.717, 1.165) is 11.3 Å². The molecule has 0 fully saturated rings. The summed E-state index contributed by atoms with van der Waals surface area (Å²) in [6.45, 7) is 5.86. The Morgan fingerprint density at radius 2 is 1.81 bits per heavy atom. The Bertz CT molecular complexity index is 997. The highest BCUT2D eigenvalue weighted by Gasteiger charge is 2.11. The summed E-state index contributed by atoms with van der Waals surface area (Å²) < 4.78 is 13.1. The highest BCUT2D eigenvalue weighted by atomic mass is 32.1. The van der Waals surface area contributed by atoms with Crippen LogP contribution in [-0.2, 0) is 4.79 Å². The largest absolute Gasteiger partial charge is 0.332 e. The van der Waals surface area contributed by atoms with Crippen molar-refractivity contribution in [2.75, 3.05) is 5.32 Å². The molecule has 3 rings (SSSR count). The lowest BCUT2D eigenvalue weighted by molar-refractivity contribution is -0.120. The first-order valence-electron chi connectivity index (χ1n) is 8.56. The van der Waals surface area contributed by atoms with Crippen molar-refractivity contribution in [3.8, 4) is 5.69 Å². The van der Waals surface area contributed by atoms with Gasteiger partial charge in [0.2, 0.25) is 5.91 Å². The Morgan fingerprint density at radius 3 is 2.44 bits per heavy atom. The second-order valence-corrected chi connectivity index (χ2v) is 7.13. The van der Waals surface area contributed by atoms with Crippen LogP contribution < -0.4 is 10.6 Å². The Kier molecular flexibility index (Phi) is 5.46. The van der Waals surface area contributed by atoms with E-state index in [-0.39, 0.29) is 22.8 Å². The van der Waals surface area contributed by atoms with E-state index < -0.39 is 0 Å². The van der Waals surface area contributed by atoms with Gasteiger partial charge in [0.15, 0.2) is 5.11 Å². The highest BCUT2D eigenvalue weighted by Crippen LogP contribution is 2.22. The minimum absolute atomic E-state index is 0.122. The Hall–Kier alpha value is -2.87. The van der Waals surface area contributed by atoms with Gasteiger partial charge in [-0.3, -0.25) is 4.79 Å². The first-order chi connectivity index (χ1) is 12.8. The number of nitrogens with zero attached hydrogens (tertiary/aromatic N) is 3. The molecule has 8 heteroatoms. The van der Waals surface area contributed by atoms with Gasteiger partial charge in [-0.05, 0) is 67.0 Å². The number of fused-ring (bicyclic) bond motifs is 1. The van der Waals surface area contributed by atoms with E-state index >= 15 is 0 Å². The molecule has 1 heterocycles. The van der Waals surface area contributed by atoms with Crippen LogP contribution in [-0.4, -0.2) is 26.0 Å². The first-order valence-corrected chi connectivity index (χ1v) is 8.97. The highest BCUT2D eigenvalue weighted by molar-refractivity contribution is 7.80. The molecule has 0 aliphatic rings. The van der Waals surface area contributed by atoms with E-state index in [4.69, 9.17) is 12.2 Å². The second kappa shape index (κ2) is 7.79. The van der Waals surface area contributed by atoms with Crippen molar-refractivity contribution >= 4 is 40.0 Å². The fourth-order valence-electron chi connectivity index (χ4n) is 2.59. The van der Waals surface area contributed by atoms with Crippen molar-refractivity contribution in [2.45, 2.75) is 27.2 Å². The summed E-state index contributed by atoms with van der Waals surface area (Å²) in [6, 6.07) is 9.64. The maximum absolute atomic E-state index is 13.1. The van der Waals surface area contributed by atoms with Gasteiger partial charge < -0.3 is 10.6 Å². The zero-order valence-electron chi connectivity index (χ0n) is 15.3. The summed E-state index contributed by atoms with van der Waals surface area (Å²) in [4.78, 5) is 13.3. The summed E-state index contributed by atoms with van der Waals surface area (Å²) in [5.41, 5.74) is 3.68. The summed E-state index contributed by atoms with van der Waals surface area (Å²) in [5.74, 6) is -0.179. The third-order valence-corrected chi connectivity index (χ3v) is 4.08. The molecular weight excluding hydrogens is 365 g/mol. The number of halogens is 1. The molecule has 0 unspecified atom stereocenters. The molecule has 2 N–H and O–H groups in total. The Balaban J connectivity index is 1.80. The van der Waals surface area contributed by atoms with Crippen molar-refractivity contribution in [2.24, 2.45) is 5.92 Å². The van der Waals surface area contributed by atoms with Crippen molar-refractivity contribution in [1.82, 2.24) is 20.3 Å². The van der Waals surface area contributed by atoms with E-state index in [9.17, 15) is 9.18 Å². The van der Waals surface area contributed by atoms with Gasteiger partial charge in [-0.2, -0.15) is 4.80 Å². The monoisotopic (exact) mass is 385 g/mol. The number of aryl methyl sites for hydroxylation is 1. The standard InChI is InChI=1S/C19H20FN5OS/c1-11(2)8-18(26)22-19(27)21-15-10-17-16(9-12(15)3)23-25(24-17)14-6-4-13(20)5-7-14/h4-7,9-11H,8H2,1-3H3,(H2,21,22,26,27). The van der Waals surface area contributed by atoms with Gasteiger partial charge in [0.05, 0.1) is 5.69 Å².